The molecule has 9 heteroatoms. The van der Waals surface area contributed by atoms with Crippen LogP contribution in [0.25, 0.3) is 11.2 Å². The molecule has 2 aromatic rings. The van der Waals surface area contributed by atoms with E-state index in [-0.39, 0.29) is 30.0 Å². The van der Waals surface area contributed by atoms with E-state index in [0.717, 1.165) is 44.9 Å². The Bertz CT molecular complexity index is 1050. The number of nitrogens with two attached hydrogens (primary N) is 1. The molecule has 2 aromatic heterocycles. The van der Waals surface area contributed by atoms with Crippen LogP contribution in [0.5, 0.6) is 0 Å². The first-order valence-electron chi connectivity index (χ1n) is 13.9. The largest absolute Gasteiger partial charge is 0.461 e. The predicted molar refractivity (Wildman–Crippen MR) is 142 cm³/mol. The zero-order valence-corrected chi connectivity index (χ0v) is 22.4. The number of hydrogen-bond acceptors (Lipinski definition) is 7. The second-order valence-electron chi connectivity index (χ2n) is 10.2. The average Bonchev–Trinajstić information content (AvgIpc) is 3.51. The fourth-order valence-electron chi connectivity index (χ4n) is 4.98. The Morgan fingerprint density at radius 2 is 1.84 bits per heavy atom. The molecule has 1 fully saturated rings. The molecule has 2 N–H and O–H groups in total. The molecular weight excluding hydrogens is 473 g/mol. The zero-order chi connectivity index (χ0) is 26.7. The van der Waals surface area contributed by atoms with Gasteiger partial charge in [0.2, 0.25) is 0 Å². The van der Waals surface area contributed by atoms with Gasteiger partial charge in [-0.05, 0) is 25.7 Å². The molecule has 3 heterocycles. The smallest absolute Gasteiger partial charge is 0.312 e. The van der Waals surface area contributed by atoms with Gasteiger partial charge in [-0.15, -0.1) is 6.42 Å². The molecule has 37 heavy (non-hydrogen) atoms. The first-order valence-corrected chi connectivity index (χ1v) is 13.9. The van der Waals surface area contributed by atoms with E-state index in [4.69, 9.17) is 21.6 Å². The van der Waals surface area contributed by atoms with Crippen molar-refractivity contribution in [1.29, 1.82) is 0 Å². The number of halogens is 1. The van der Waals surface area contributed by atoms with Gasteiger partial charge in [0.25, 0.3) is 0 Å². The fraction of sp³-hybridized carbons (Fsp3) is 0.714. The lowest BCUT2D eigenvalue weighted by molar-refractivity contribution is -0.157. The predicted octanol–water partition coefficient (Wildman–Crippen LogP) is 6.11. The van der Waals surface area contributed by atoms with E-state index in [1.165, 1.54) is 38.4 Å². The number of nitrogens with zero attached hydrogens (tertiary/aromatic N) is 4. The van der Waals surface area contributed by atoms with E-state index >= 15 is 0 Å². The van der Waals surface area contributed by atoms with Crippen molar-refractivity contribution in [2.24, 2.45) is 5.92 Å². The maximum atomic E-state index is 13.8. The number of rotatable bonds is 16. The highest BCUT2D eigenvalue weighted by Gasteiger charge is 2.42. The van der Waals surface area contributed by atoms with Crippen LogP contribution in [-0.4, -0.2) is 37.7 Å². The van der Waals surface area contributed by atoms with Crippen molar-refractivity contribution in [2.75, 3.05) is 12.3 Å². The number of aromatic nitrogens is 4. The summed E-state index contributed by atoms with van der Waals surface area (Å²) in [6.07, 6.45) is 20.2. The average molecular weight is 516 g/mol. The number of fused-ring (bicyclic) bond motifs is 1. The summed E-state index contributed by atoms with van der Waals surface area (Å²) in [7, 11) is 0. The monoisotopic (exact) mass is 515 g/mol. The molecule has 3 atom stereocenters. The van der Waals surface area contributed by atoms with Crippen molar-refractivity contribution >= 4 is 23.0 Å². The Morgan fingerprint density at radius 3 is 2.51 bits per heavy atom. The maximum Gasteiger partial charge on any atom is 0.312 e. The number of anilines is 1. The Hall–Kier alpha value is -2.73. The minimum atomic E-state index is -1.05. The zero-order valence-electron chi connectivity index (χ0n) is 22.4. The molecule has 204 valence electrons. The molecule has 0 spiro atoms. The summed E-state index contributed by atoms with van der Waals surface area (Å²) in [5, 5.41) is 0. The number of ether oxygens (including phenoxy) is 2. The van der Waals surface area contributed by atoms with Crippen molar-refractivity contribution < 1.29 is 18.7 Å². The van der Waals surface area contributed by atoms with E-state index in [1.807, 2.05) is 0 Å². The summed E-state index contributed by atoms with van der Waals surface area (Å²) in [4.78, 5) is 24.7. The highest BCUT2D eigenvalue weighted by atomic mass is 19.1. The van der Waals surface area contributed by atoms with Gasteiger partial charge >= 0.3 is 12.0 Å². The lowest BCUT2D eigenvalue weighted by Gasteiger charge is -2.25. The Morgan fingerprint density at radius 1 is 1.19 bits per heavy atom. The van der Waals surface area contributed by atoms with E-state index in [9.17, 15) is 9.18 Å². The molecule has 3 unspecified atom stereocenters. The molecule has 0 bridgehead atoms. The molecular formula is C28H42FN5O3. The third kappa shape index (κ3) is 7.88. The van der Waals surface area contributed by atoms with Crippen molar-refractivity contribution in [2.45, 2.75) is 116 Å². The van der Waals surface area contributed by atoms with Crippen LogP contribution < -0.4 is 5.73 Å². The highest BCUT2D eigenvalue weighted by Crippen LogP contribution is 2.38. The summed E-state index contributed by atoms with van der Waals surface area (Å²) < 4.78 is 27.4. The second-order valence-corrected chi connectivity index (χ2v) is 10.2. The Kier molecular flexibility index (Phi) is 11.1. The van der Waals surface area contributed by atoms with Crippen molar-refractivity contribution in [3.05, 3.63) is 12.4 Å². The number of carbonyl (C=O) groups excluding carboxylic acids is 1. The van der Waals surface area contributed by atoms with Gasteiger partial charge < -0.3 is 15.2 Å². The summed E-state index contributed by atoms with van der Waals surface area (Å²) in [5.74, 6) is 2.36. The lowest BCUT2D eigenvalue weighted by Crippen LogP contribution is -2.35. The third-order valence-electron chi connectivity index (χ3n) is 7.24. The minimum Gasteiger partial charge on any atom is -0.461 e. The SMILES string of the molecule is C#CC1(COC(=O)C(CCCCCC)CCCCCCCC)CCC(n2cnc3c(N)nc(F)nc32)O1. The Labute approximate surface area is 219 Å². The molecule has 0 aromatic carbocycles. The van der Waals surface area contributed by atoms with E-state index in [0.29, 0.717) is 18.4 Å². The topological polar surface area (TPSA) is 105 Å². The quantitative estimate of drug-likeness (QED) is 0.124. The minimum absolute atomic E-state index is 0.0150. The van der Waals surface area contributed by atoms with Crippen LogP contribution >= 0.6 is 0 Å². The van der Waals surface area contributed by atoms with Gasteiger partial charge in [0, 0.05) is 0 Å². The fourth-order valence-corrected chi connectivity index (χ4v) is 4.98. The molecule has 0 amide bonds. The number of hydrogen-bond donors (Lipinski definition) is 1. The standard InChI is InChI=1S/C28H42FN5O3/c1-4-7-9-11-12-14-16-21(15-13-10-8-5-2)26(35)36-19-28(6-3)18-17-22(37-28)34-20-31-23-24(30)32-27(29)33-25(23)34/h3,20-22H,4-5,7-19H2,1-2H3,(H2,30,32,33). The maximum absolute atomic E-state index is 13.8. The molecule has 1 aliphatic heterocycles. The van der Waals surface area contributed by atoms with Gasteiger partial charge in [-0.1, -0.05) is 84.0 Å². The number of unbranched alkanes of at least 4 members (excludes halogenated alkanes) is 8. The number of esters is 1. The van der Waals surface area contributed by atoms with Crippen LogP contribution in [-0.2, 0) is 14.3 Å². The van der Waals surface area contributed by atoms with Gasteiger partial charge in [0.15, 0.2) is 22.6 Å². The third-order valence-corrected chi connectivity index (χ3v) is 7.24. The van der Waals surface area contributed by atoms with Crippen molar-refractivity contribution in [1.82, 2.24) is 19.5 Å². The van der Waals surface area contributed by atoms with Crippen LogP contribution in [0.4, 0.5) is 10.2 Å². The van der Waals surface area contributed by atoms with Crippen LogP contribution in [0.15, 0.2) is 6.33 Å². The molecule has 8 nitrogen and oxygen atoms in total. The van der Waals surface area contributed by atoms with Crippen LogP contribution in [0.2, 0.25) is 0 Å². The van der Waals surface area contributed by atoms with Gasteiger partial charge in [0.05, 0.1) is 12.2 Å². The highest BCUT2D eigenvalue weighted by molar-refractivity contribution is 5.81. The molecule has 1 saturated heterocycles. The number of nitrogen functional groups attached to an aromatic ring is 1. The van der Waals surface area contributed by atoms with E-state index < -0.39 is 17.9 Å². The molecule has 0 radical (unpaired) electrons. The first kappa shape index (κ1) is 28.8. The summed E-state index contributed by atoms with van der Waals surface area (Å²) in [5.41, 5.74) is 5.26. The normalized spacial score (nSPS) is 20.2. The molecule has 0 saturated carbocycles. The van der Waals surface area contributed by atoms with Gasteiger partial charge in [-0.2, -0.15) is 14.4 Å². The second kappa shape index (κ2) is 14.3. The van der Waals surface area contributed by atoms with Gasteiger partial charge in [-0.3, -0.25) is 9.36 Å². The Balaban J connectivity index is 1.58. The van der Waals surface area contributed by atoms with Crippen molar-refractivity contribution in [3.63, 3.8) is 0 Å². The van der Waals surface area contributed by atoms with E-state index in [1.54, 1.807) is 4.57 Å². The van der Waals surface area contributed by atoms with Crippen LogP contribution in [0.3, 0.4) is 0 Å². The molecule has 1 aliphatic rings. The summed E-state index contributed by atoms with van der Waals surface area (Å²) in [6.45, 7) is 4.38. The lowest BCUT2D eigenvalue weighted by atomic mass is 9.94. The van der Waals surface area contributed by atoms with Crippen LogP contribution in [0.1, 0.15) is 110 Å². The number of terminal acetylenes is 1. The van der Waals surface area contributed by atoms with E-state index in [2.05, 4.69) is 34.7 Å². The van der Waals surface area contributed by atoms with Gasteiger partial charge in [0.1, 0.15) is 12.8 Å². The van der Waals surface area contributed by atoms with Crippen LogP contribution in [0, 0.1) is 24.3 Å². The number of carbonyl (C=O) groups is 1. The first-order chi connectivity index (χ1) is 17.9. The molecule has 0 aliphatic carbocycles. The van der Waals surface area contributed by atoms with Crippen molar-refractivity contribution in [3.8, 4) is 12.3 Å². The van der Waals surface area contributed by atoms with Gasteiger partial charge in [-0.25, -0.2) is 4.98 Å². The number of imidazole rings is 1. The summed E-state index contributed by atoms with van der Waals surface area (Å²) in [6, 6.07) is 0. The summed E-state index contributed by atoms with van der Waals surface area (Å²) >= 11 is 0. The molecule has 3 rings (SSSR count).